The molecule has 0 radical (unpaired) electrons. The molecule has 4 N–H and O–H groups in total. The number of piperidine rings is 1. The van der Waals surface area contributed by atoms with E-state index in [0.717, 1.165) is 18.7 Å². The maximum absolute atomic E-state index is 11.5. The average molecular weight is 283 g/mol. The summed E-state index contributed by atoms with van der Waals surface area (Å²) in [6, 6.07) is 5.20. The zero-order valence-electron chi connectivity index (χ0n) is 11.3. The fraction of sp³-hybridized carbons (Fsp3) is 0.538. The Morgan fingerprint density at radius 3 is 2.53 bits per heavy atom. The second-order valence-electron chi connectivity index (χ2n) is 5.49. The summed E-state index contributed by atoms with van der Waals surface area (Å²) in [5.41, 5.74) is 7.06. The molecular weight excluding hydrogens is 262 g/mol. The van der Waals surface area contributed by atoms with Crippen LogP contribution < -0.4 is 15.8 Å². The Morgan fingerprint density at radius 1 is 1.21 bits per heavy atom. The van der Waals surface area contributed by atoms with Crippen LogP contribution in [-0.2, 0) is 10.0 Å². The van der Waals surface area contributed by atoms with Crippen molar-refractivity contribution in [3.8, 4) is 0 Å². The van der Waals surface area contributed by atoms with E-state index >= 15 is 0 Å². The van der Waals surface area contributed by atoms with Crippen LogP contribution >= 0.6 is 0 Å². The van der Waals surface area contributed by atoms with Crippen LogP contribution in [0.4, 0.5) is 11.4 Å². The van der Waals surface area contributed by atoms with E-state index in [-0.39, 0.29) is 4.90 Å². The van der Waals surface area contributed by atoms with E-state index in [9.17, 15) is 8.42 Å². The van der Waals surface area contributed by atoms with Crippen molar-refractivity contribution in [2.24, 2.45) is 11.1 Å². The highest BCUT2D eigenvalue weighted by atomic mass is 32.2. The standard InChI is InChI=1S/C13H21N3O2S/c1-9-3-4-10(2)16(8-9)12-5-11(14)6-13(7-12)19(15,17)18/h5-7,9-10H,3-4,8,14H2,1-2H3,(H2,15,17,18). The zero-order valence-corrected chi connectivity index (χ0v) is 12.2. The number of benzene rings is 1. The van der Waals surface area contributed by atoms with Gasteiger partial charge in [0.2, 0.25) is 10.0 Å². The van der Waals surface area contributed by atoms with Gasteiger partial charge in [-0.15, -0.1) is 0 Å². The molecule has 1 heterocycles. The molecule has 106 valence electrons. The summed E-state index contributed by atoms with van der Waals surface area (Å²) in [5, 5.41) is 5.18. The van der Waals surface area contributed by atoms with E-state index in [2.05, 4.69) is 18.7 Å². The minimum Gasteiger partial charge on any atom is -0.399 e. The minimum atomic E-state index is -3.72. The summed E-state index contributed by atoms with van der Waals surface area (Å²) < 4.78 is 22.9. The van der Waals surface area contributed by atoms with Crippen LogP contribution in [0.1, 0.15) is 26.7 Å². The highest BCUT2D eigenvalue weighted by Gasteiger charge is 2.24. The van der Waals surface area contributed by atoms with Crippen molar-refractivity contribution in [3.05, 3.63) is 18.2 Å². The SMILES string of the molecule is CC1CCC(C)N(c2cc(N)cc(S(N)(=O)=O)c2)C1. The topological polar surface area (TPSA) is 89.4 Å². The van der Waals surface area contributed by atoms with E-state index in [1.165, 1.54) is 12.5 Å². The first-order chi connectivity index (χ1) is 8.77. The zero-order chi connectivity index (χ0) is 14.2. The Hall–Kier alpha value is -1.27. The maximum Gasteiger partial charge on any atom is 0.238 e. The van der Waals surface area contributed by atoms with Gasteiger partial charge in [-0.3, -0.25) is 0 Å². The quantitative estimate of drug-likeness (QED) is 0.806. The predicted octanol–water partition coefficient (Wildman–Crippen LogP) is 1.54. The van der Waals surface area contributed by atoms with Crippen molar-refractivity contribution in [3.63, 3.8) is 0 Å². The second-order valence-corrected chi connectivity index (χ2v) is 7.05. The molecule has 1 aromatic carbocycles. The number of hydrogen-bond acceptors (Lipinski definition) is 4. The van der Waals surface area contributed by atoms with Gasteiger partial charge in [-0.05, 0) is 43.9 Å². The molecule has 1 fully saturated rings. The van der Waals surface area contributed by atoms with Crippen LogP contribution in [0.25, 0.3) is 0 Å². The number of hydrogen-bond donors (Lipinski definition) is 2. The number of nitrogens with zero attached hydrogens (tertiary/aromatic N) is 1. The first-order valence-corrected chi connectivity index (χ1v) is 8.02. The monoisotopic (exact) mass is 283 g/mol. The number of nitrogens with two attached hydrogens (primary N) is 2. The van der Waals surface area contributed by atoms with Crippen LogP contribution in [0.3, 0.4) is 0 Å². The first-order valence-electron chi connectivity index (χ1n) is 6.47. The number of primary sulfonamides is 1. The van der Waals surface area contributed by atoms with Gasteiger partial charge >= 0.3 is 0 Å². The highest BCUT2D eigenvalue weighted by Crippen LogP contribution is 2.30. The molecule has 1 saturated heterocycles. The highest BCUT2D eigenvalue weighted by molar-refractivity contribution is 7.89. The Balaban J connectivity index is 2.42. The number of anilines is 2. The second kappa shape index (κ2) is 5.02. The molecule has 5 nitrogen and oxygen atoms in total. The van der Waals surface area contributed by atoms with Gasteiger partial charge in [0.15, 0.2) is 0 Å². The third kappa shape index (κ3) is 3.19. The molecule has 0 bridgehead atoms. The lowest BCUT2D eigenvalue weighted by atomic mass is 9.94. The molecule has 1 aromatic rings. The van der Waals surface area contributed by atoms with Gasteiger partial charge in [-0.25, -0.2) is 13.6 Å². The van der Waals surface area contributed by atoms with Gasteiger partial charge in [0.05, 0.1) is 4.90 Å². The Bertz CT molecular complexity index is 571. The summed E-state index contributed by atoms with van der Waals surface area (Å²) >= 11 is 0. The van der Waals surface area contributed by atoms with Gasteiger partial charge in [0, 0.05) is 24.0 Å². The lowest BCUT2D eigenvalue weighted by Gasteiger charge is -2.38. The van der Waals surface area contributed by atoms with Crippen molar-refractivity contribution >= 4 is 21.4 Å². The first kappa shape index (κ1) is 14.1. The third-order valence-electron chi connectivity index (χ3n) is 3.69. The largest absolute Gasteiger partial charge is 0.399 e. The number of sulfonamides is 1. The minimum absolute atomic E-state index is 0.0768. The van der Waals surface area contributed by atoms with Crippen LogP contribution in [0.5, 0.6) is 0 Å². The van der Waals surface area contributed by atoms with Crippen LogP contribution in [0.15, 0.2) is 23.1 Å². The Morgan fingerprint density at radius 2 is 1.89 bits per heavy atom. The third-order valence-corrected chi connectivity index (χ3v) is 4.58. The molecule has 0 spiro atoms. The number of nitrogen functional groups attached to an aromatic ring is 1. The van der Waals surface area contributed by atoms with E-state index < -0.39 is 10.0 Å². The molecule has 2 atom stereocenters. The fourth-order valence-corrected chi connectivity index (χ4v) is 3.17. The van der Waals surface area contributed by atoms with E-state index in [4.69, 9.17) is 10.9 Å². The molecule has 1 aliphatic heterocycles. The van der Waals surface area contributed by atoms with Gasteiger partial charge in [-0.1, -0.05) is 6.92 Å². The Kier molecular flexibility index (Phi) is 3.73. The summed E-state index contributed by atoms with van der Waals surface area (Å²) in [4.78, 5) is 2.28. The van der Waals surface area contributed by atoms with Gasteiger partial charge in [0.1, 0.15) is 0 Å². The van der Waals surface area contributed by atoms with Crippen molar-refractivity contribution in [2.75, 3.05) is 17.2 Å². The molecular formula is C13H21N3O2S. The normalized spacial score (nSPS) is 24.5. The smallest absolute Gasteiger partial charge is 0.238 e. The molecule has 0 amide bonds. The van der Waals surface area contributed by atoms with Gasteiger partial charge in [0.25, 0.3) is 0 Å². The number of rotatable bonds is 2. The summed E-state index contributed by atoms with van der Waals surface area (Å²) in [7, 11) is -3.72. The van der Waals surface area contributed by atoms with Crippen molar-refractivity contribution in [2.45, 2.75) is 37.6 Å². The van der Waals surface area contributed by atoms with Crippen molar-refractivity contribution in [1.29, 1.82) is 0 Å². The molecule has 6 heteroatoms. The van der Waals surface area contributed by atoms with Crippen LogP contribution in [0.2, 0.25) is 0 Å². The molecule has 2 unspecified atom stereocenters. The van der Waals surface area contributed by atoms with Gasteiger partial charge in [-0.2, -0.15) is 0 Å². The Labute approximate surface area is 114 Å². The molecule has 0 aliphatic carbocycles. The molecule has 0 saturated carbocycles. The lowest BCUT2D eigenvalue weighted by Crippen LogP contribution is -2.41. The summed E-state index contributed by atoms with van der Waals surface area (Å²) in [6.45, 7) is 5.26. The maximum atomic E-state index is 11.5. The molecule has 0 aromatic heterocycles. The van der Waals surface area contributed by atoms with E-state index in [1.54, 1.807) is 6.07 Å². The van der Waals surface area contributed by atoms with Crippen LogP contribution in [-0.4, -0.2) is 21.0 Å². The van der Waals surface area contributed by atoms with Crippen molar-refractivity contribution < 1.29 is 8.42 Å². The van der Waals surface area contributed by atoms with Gasteiger partial charge < -0.3 is 10.6 Å². The molecule has 2 rings (SSSR count). The van der Waals surface area contributed by atoms with Crippen molar-refractivity contribution in [1.82, 2.24) is 0 Å². The lowest BCUT2D eigenvalue weighted by molar-refractivity contribution is 0.390. The summed E-state index contributed by atoms with van der Waals surface area (Å²) in [5.74, 6) is 0.593. The van der Waals surface area contributed by atoms with E-state index in [1.807, 2.05) is 6.07 Å². The average Bonchev–Trinajstić information content (AvgIpc) is 2.30. The van der Waals surface area contributed by atoms with Crippen LogP contribution in [0, 0.1) is 5.92 Å². The molecule has 1 aliphatic rings. The predicted molar refractivity (Wildman–Crippen MR) is 77.4 cm³/mol. The summed E-state index contributed by atoms with van der Waals surface area (Å²) in [6.07, 6.45) is 2.29. The van der Waals surface area contributed by atoms with E-state index in [0.29, 0.717) is 17.6 Å². The molecule has 19 heavy (non-hydrogen) atoms. The fourth-order valence-electron chi connectivity index (χ4n) is 2.58.